The standard InChI is InChI=1S/C15H21N3O2S/c1-3-17-21(19,20)15-7-5-14(6-8-15)16-11-13-9-10-18(4-2)12-13/h5-10,12,16-17H,3-4,11H2,1-2H3. The number of nitrogens with zero attached hydrogens (tertiary/aromatic N) is 1. The van der Waals surface area contributed by atoms with Gasteiger partial charge in [-0.25, -0.2) is 13.1 Å². The molecule has 0 saturated carbocycles. The first-order valence-corrected chi connectivity index (χ1v) is 8.51. The molecule has 0 bridgehead atoms. The third-order valence-electron chi connectivity index (χ3n) is 3.17. The Balaban J connectivity index is 1.99. The summed E-state index contributed by atoms with van der Waals surface area (Å²) in [5, 5.41) is 3.28. The fourth-order valence-corrected chi connectivity index (χ4v) is 3.06. The quantitative estimate of drug-likeness (QED) is 0.826. The summed E-state index contributed by atoms with van der Waals surface area (Å²) in [7, 11) is -3.38. The second-order valence-electron chi connectivity index (χ2n) is 4.73. The van der Waals surface area contributed by atoms with Gasteiger partial charge in [-0.2, -0.15) is 0 Å². The second-order valence-corrected chi connectivity index (χ2v) is 6.50. The summed E-state index contributed by atoms with van der Waals surface area (Å²) < 4.78 is 28.2. The molecule has 6 heteroatoms. The van der Waals surface area contributed by atoms with Crippen molar-refractivity contribution in [1.29, 1.82) is 0 Å². The molecule has 2 aromatic rings. The van der Waals surface area contributed by atoms with Crippen molar-refractivity contribution in [1.82, 2.24) is 9.29 Å². The summed E-state index contributed by atoms with van der Waals surface area (Å²) in [5.74, 6) is 0. The van der Waals surface area contributed by atoms with Crippen molar-refractivity contribution in [2.24, 2.45) is 0 Å². The molecule has 2 rings (SSSR count). The molecule has 2 N–H and O–H groups in total. The fourth-order valence-electron chi connectivity index (χ4n) is 2.02. The van der Waals surface area contributed by atoms with Gasteiger partial charge < -0.3 is 9.88 Å². The topological polar surface area (TPSA) is 63.1 Å². The van der Waals surface area contributed by atoms with Crippen molar-refractivity contribution in [3.8, 4) is 0 Å². The summed E-state index contributed by atoms with van der Waals surface area (Å²) in [6.07, 6.45) is 4.14. The first-order valence-electron chi connectivity index (χ1n) is 7.03. The zero-order valence-electron chi connectivity index (χ0n) is 12.3. The predicted octanol–water partition coefficient (Wildman–Crippen LogP) is 2.42. The van der Waals surface area contributed by atoms with Crippen LogP contribution in [-0.4, -0.2) is 19.5 Å². The molecule has 0 amide bonds. The molecular weight excluding hydrogens is 286 g/mol. The number of nitrogens with one attached hydrogen (secondary N) is 2. The minimum Gasteiger partial charge on any atom is -0.381 e. The maximum Gasteiger partial charge on any atom is 0.240 e. The fraction of sp³-hybridized carbons (Fsp3) is 0.333. The smallest absolute Gasteiger partial charge is 0.240 e. The normalized spacial score (nSPS) is 11.5. The van der Waals surface area contributed by atoms with E-state index in [-0.39, 0.29) is 4.90 Å². The van der Waals surface area contributed by atoms with Crippen molar-refractivity contribution in [3.05, 3.63) is 48.3 Å². The lowest BCUT2D eigenvalue weighted by molar-refractivity contribution is 0.584. The molecule has 21 heavy (non-hydrogen) atoms. The van der Waals surface area contributed by atoms with Crippen LogP contribution in [-0.2, 0) is 23.1 Å². The van der Waals surface area contributed by atoms with E-state index in [1.54, 1.807) is 31.2 Å². The van der Waals surface area contributed by atoms with Crippen LogP contribution in [0.25, 0.3) is 0 Å². The molecule has 0 fully saturated rings. The number of aromatic nitrogens is 1. The number of aryl methyl sites for hydroxylation is 1. The Morgan fingerprint density at radius 3 is 2.38 bits per heavy atom. The van der Waals surface area contributed by atoms with Gasteiger partial charge in [0, 0.05) is 37.7 Å². The van der Waals surface area contributed by atoms with Crippen LogP contribution in [0.5, 0.6) is 0 Å². The average molecular weight is 307 g/mol. The average Bonchev–Trinajstić information content (AvgIpc) is 2.93. The van der Waals surface area contributed by atoms with Gasteiger partial charge in [0.2, 0.25) is 10.0 Å². The highest BCUT2D eigenvalue weighted by Gasteiger charge is 2.11. The monoisotopic (exact) mass is 307 g/mol. The molecule has 0 unspecified atom stereocenters. The minimum atomic E-state index is -3.38. The van der Waals surface area contributed by atoms with Gasteiger partial charge >= 0.3 is 0 Å². The third-order valence-corrected chi connectivity index (χ3v) is 4.73. The Bertz CT molecular complexity index is 675. The van der Waals surface area contributed by atoms with E-state index in [4.69, 9.17) is 0 Å². The molecule has 0 spiro atoms. The van der Waals surface area contributed by atoms with E-state index in [0.29, 0.717) is 13.1 Å². The van der Waals surface area contributed by atoms with Crippen LogP contribution in [0.2, 0.25) is 0 Å². The minimum absolute atomic E-state index is 0.284. The maximum absolute atomic E-state index is 11.8. The SMILES string of the molecule is CCNS(=O)(=O)c1ccc(NCc2ccn(CC)c2)cc1. The number of rotatable bonds is 7. The van der Waals surface area contributed by atoms with E-state index >= 15 is 0 Å². The Kier molecular flexibility index (Phi) is 5.03. The molecule has 0 saturated heterocycles. The van der Waals surface area contributed by atoms with Gasteiger partial charge in [0.15, 0.2) is 0 Å². The Morgan fingerprint density at radius 2 is 1.81 bits per heavy atom. The van der Waals surface area contributed by atoms with Crippen molar-refractivity contribution in [2.45, 2.75) is 31.8 Å². The molecular formula is C15H21N3O2S. The molecule has 1 aromatic carbocycles. The van der Waals surface area contributed by atoms with E-state index in [1.807, 2.05) is 6.20 Å². The number of sulfonamides is 1. The lowest BCUT2D eigenvalue weighted by Crippen LogP contribution is -2.23. The molecule has 1 heterocycles. The van der Waals surface area contributed by atoms with Crippen molar-refractivity contribution in [2.75, 3.05) is 11.9 Å². The van der Waals surface area contributed by atoms with Crippen LogP contribution in [0.3, 0.4) is 0 Å². The number of benzene rings is 1. The van der Waals surface area contributed by atoms with Gasteiger partial charge in [-0.05, 0) is 42.8 Å². The third kappa shape index (κ3) is 4.09. The van der Waals surface area contributed by atoms with Gasteiger partial charge in [-0.3, -0.25) is 0 Å². The summed E-state index contributed by atoms with van der Waals surface area (Å²) in [4.78, 5) is 0.284. The van der Waals surface area contributed by atoms with E-state index in [1.165, 1.54) is 5.56 Å². The zero-order valence-corrected chi connectivity index (χ0v) is 13.2. The summed E-state index contributed by atoms with van der Waals surface area (Å²) in [6.45, 7) is 5.91. The van der Waals surface area contributed by atoms with Crippen molar-refractivity contribution in [3.63, 3.8) is 0 Å². The number of anilines is 1. The van der Waals surface area contributed by atoms with Gasteiger partial charge in [-0.1, -0.05) is 6.92 Å². The first-order chi connectivity index (χ1) is 10.0. The predicted molar refractivity (Wildman–Crippen MR) is 84.7 cm³/mol. The molecule has 1 aromatic heterocycles. The first kappa shape index (κ1) is 15.6. The van der Waals surface area contributed by atoms with Crippen LogP contribution in [0.1, 0.15) is 19.4 Å². The molecule has 0 atom stereocenters. The molecule has 5 nitrogen and oxygen atoms in total. The summed E-state index contributed by atoms with van der Waals surface area (Å²) >= 11 is 0. The van der Waals surface area contributed by atoms with E-state index < -0.39 is 10.0 Å². The summed E-state index contributed by atoms with van der Waals surface area (Å²) in [6, 6.07) is 8.84. The number of hydrogen-bond donors (Lipinski definition) is 2. The van der Waals surface area contributed by atoms with Crippen molar-refractivity contribution < 1.29 is 8.42 Å². The largest absolute Gasteiger partial charge is 0.381 e. The van der Waals surface area contributed by atoms with E-state index in [0.717, 1.165) is 12.2 Å². The highest BCUT2D eigenvalue weighted by atomic mass is 32.2. The van der Waals surface area contributed by atoms with E-state index in [2.05, 4.69) is 33.8 Å². The maximum atomic E-state index is 11.8. The molecule has 0 aliphatic rings. The Morgan fingerprint density at radius 1 is 1.10 bits per heavy atom. The van der Waals surface area contributed by atoms with Crippen LogP contribution in [0, 0.1) is 0 Å². The zero-order chi connectivity index (χ0) is 15.3. The molecule has 0 aliphatic heterocycles. The Hall–Kier alpha value is -1.79. The van der Waals surface area contributed by atoms with Gasteiger partial charge in [0.25, 0.3) is 0 Å². The lowest BCUT2D eigenvalue weighted by Gasteiger charge is -2.08. The molecule has 114 valence electrons. The van der Waals surface area contributed by atoms with Gasteiger partial charge in [0.05, 0.1) is 4.90 Å². The molecule has 0 radical (unpaired) electrons. The van der Waals surface area contributed by atoms with Crippen LogP contribution in [0.4, 0.5) is 5.69 Å². The van der Waals surface area contributed by atoms with E-state index in [9.17, 15) is 8.42 Å². The number of hydrogen-bond acceptors (Lipinski definition) is 3. The summed E-state index contributed by atoms with van der Waals surface area (Å²) in [5.41, 5.74) is 2.09. The Labute approximate surface area is 126 Å². The van der Waals surface area contributed by atoms with Crippen LogP contribution < -0.4 is 10.0 Å². The molecule has 0 aliphatic carbocycles. The van der Waals surface area contributed by atoms with Gasteiger partial charge in [0.1, 0.15) is 0 Å². The highest BCUT2D eigenvalue weighted by molar-refractivity contribution is 7.89. The second kappa shape index (κ2) is 6.78. The van der Waals surface area contributed by atoms with Crippen molar-refractivity contribution >= 4 is 15.7 Å². The lowest BCUT2D eigenvalue weighted by atomic mass is 10.3. The van der Waals surface area contributed by atoms with Crippen LogP contribution >= 0.6 is 0 Å². The highest BCUT2D eigenvalue weighted by Crippen LogP contribution is 2.15. The van der Waals surface area contributed by atoms with Gasteiger partial charge in [-0.15, -0.1) is 0 Å². The van der Waals surface area contributed by atoms with Crippen LogP contribution in [0.15, 0.2) is 47.6 Å².